The molecule has 0 aromatic heterocycles. The molecule has 1 fully saturated rings. The molecule has 0 unspecified atom stereocenters. The van der Waals surface area contributed by atoms with E-state index in [9.17, 15) is 9.59 Å². The molecule has 0 spiro atoms. The van der Waals surface area contributed by atoms with Gasteiger partial charge in [-0.05, 0) is 25.0 Å². The molecule has 1 heterocycles. The Balaban J connectivity index is 1.83. The summed E-state index contributed by atoms with van der Waals surface area (Å²) in [6, 6.07) is 10.2. The Hall–Kier alpha value is -2.04. The lowest BCUT2D eigenvalue weighted by molar-refractivity contribution is -0.140. The van der Waals surface area contributed by atoms with Crippen LogP contribution in [0.4, 0.5) is 5.69 Å². The van der Waals surface area contributed by atoms with Crippen molar-refractivity contribution < 1.29 is 9.59 Å². The van der Waals surface area contributed by atoms with Crippen LogP contribution in [0.15, 0.2) is 30.3 Å². The van der Waals surface area contributed by atoms with Crippen LogP contribution < -0.4 is 4.90 Å². The Kier molecular flexibility index (Phi) is 7.09. The van der Waals surface area contributed by atoms with Crippen LogP contribution in [0.2, 0.25) is 0 Å². The molecule has 132 valence electrons. The van der Waals surface area contributed by atoms with Crippen molar-refractivity contribution in [3.8, 4) is 0 Å². The molecule has 24 heavy (non-hydrogen) atoms. The summed E-state index contributed by atoms with van der Waals surface area (Å²) in [5, 5.41) is 0. The zero-order chi connectivity index (χ0) is 17.4. The van der Waals surface area contributed by atoms with E-state index in [1.165, 1.54) is 5.69 Å². The topological polar surface area (TPSA) is 43.9 Å². The standard InChI is InChI=1S/C19H29N3O2/c1-3-10-21(11-4-2)18(23)16-19(24)22-14-12-20(13-15-22)17-8-6-5-7-9-17/h5-9H,3-4,10-16H2,1-2H3. The number of hydrogen-bond acceptors (Lipinski definition) is 3. The van der Waals surface area contributed by atoms with Gasteiger partial charge in [-0.3, -0.25) is 9.59 Å². The van der Waals surface area contributed by atoms with Crippen molar-refractivity contribution in [3.05, 3.63) is 30.3 Å². The van der Waals surface area contributed by atoms with Crippen LogP contribution in [0.5, 0.6) is 0 Å². The first-order valence-corrected chi connectivity index (χ1v) is 9.01. The first-order chi connectivity index (χ1) is 11.7. The number of nitrogens with zero attached hydrogens (tertiary/aromatic N) is 3. The van der Waals surface area contributed by atoms with Gasteiger partial charge < -0.3 is 14.7 Å². The van der Waals surface area contributed by atoms with Gasteiger partial charge in [0.05, 0.1) is 0 Å². The number of rotatable bonds is 7. The molecule has 5 heteroatoms. The minimum atomic E-state index is -0.0371. The molecule has 1 aliphatic heterocycles. The van der Waals surface area contributed by atoms with E-state index in [1.54, 1.807) is 0 Å². The van der Waals surface area contributed by atoms with Gasteiger partial charge in [0.15, 0.2) is 0 Å². The monoisotopic (exact) mass is 331 g/mol. The van der Waals surface area contributed by atoms with Gasteiger partial charge in [0.1, 0.15) is 6.42 Å². The van der Waals surface area contributed by atoms with Crippen LogP contribution in [-0.2, 0) is 9.59 Å². The maximum atomic E-state index is 12.4. The third-order valence-corrected chi connectivity index (χ3v) is 4.40. The molecule has 1 saturated heterocycles. The molecule has 0 bridgehead atoms. The van der Waals surface area contributed by atoms with Crippen LogP contribution in [-0.4, -0.2) is 60.9 Å². The van der Waals surface area contributed by atoms with Gasteiger partial charge in [-0.1, -0.05) is 32.0 Å². The smallest absolute Gasteiger partial charge is 0.232 e. The average Bonchev–Trinajstić information content (AvgIpc) is 2.62. The van der Waals surface area contributed by atoms with Gasteiger partial charge >= 0.3 is 0 Å². The lowest BCUT2D eigenvalue weighted by Crippen LogP contribution is -2.49. The first-order valence-electron chi connectivity index (χ1n) is 9.01. The minimum absolute atomic E-state index is 0.00529. The van der Waals surface area contributed by atoms with Gasteiger partial charge in [0, 0.05) is 45.0 Å². The van der Waals surface area contributed by atoms with Gasteiger partial charge in [-0.2, -0.15) is 0 Å². The normalized spacial score (nSPS) is 14.6. The lowest BCUT2D eigenvalue weighted by atomic mass is 10.2. The van der Waals surface area contributed by atoms with E-state index in [1.807, 2.05) is 28.0 Å². The van der Waals surface area contributed by atoms with E-state index in [2.05, 4.69) is 30.9 Å². The molecular formula is C19H29N3O2. The number of piperazine rings is 1. The maximum Gasteiger partial charge on any atom is 0.232 e. The van der Waals surface area contributed by atoms with Crippen molar-refractivity contribution in [2.75, 3.05) is 44.2 Å². The highest BCUT2D eigenvalue weighted by Crippen LogP contribution is 2.16. The fourth-order valence-corrected chi connectivity index (χ4v) is 3.11. The summed E-state index contributed by atoms with van der Waals surface area (Å²) in [5.41, 5.74) is 1.19. The zero-order valence-electron chi connectivity index (χ0n) is 14.9. The van der Waals surface area contributed by atoms with Crippen molar-refractivity contribution in [2.24, 2.45) is 0 Å². The van der Waals surface area contributed by atoms with E-state index in [4.69, 9.17) is 0 Å². The molecule has 2 amide bonds. The van der Waals surface area contributed by atoms with Crippen LogP contribution >= 0.6 is 0 Å². The molecule has 1 aromatic carbocycles. The largest absolute Gasteiger partial charge is 0.368 e. The van der Waals surface area contributed by atoms with Crippen molar-refractivity contribution >= 4 is 17.5 Å². The number of benzene rings is 1. The molecule has 1 aliphatic rings. The van der Waals surface area contributed by atoms with E-state index in [0.29, 0.717) is 13.1 Å². The molecule has 2 rings (SSSR count). The molecule has 0 atom stereocenters. The van der Waals surface area contributed by atoms with Crippen LogP contribution in [0.3, 0.4) is 0 Å². The van der Waals surface area contributed by atoms with Gasteiger partial charge in [0.2, 0.25) is 11.8 Å². The highest BCUT2D eigenvalue weighted by atomic mass is 16.2. The van der Waals surface area contributed by atoms with Crippen molar-refractivity contribution in [1.82, 2.24) is 9.80 Å². The minimum Gasteiger partial charge on any atom is -0.368 e. The number of amides is 2. The molecular weight excluding hydrogens is 302 g/mol. The predicted octanol–water partition coefficient (Wildman–Crippen LogP) is 2.37. The second-order valence-electron chi connectivity index (χ2n) is 6.26. The number of para-hydroxylation sites is 1. The number of anilines is 1. The van der Waals surface area contributed by atoms with E-state index in [0.717, 1.165) is 39.0 Å². The Labute approximate surface area is 145 Å². The number of carbonyl (C=O) groups excluding carboxylic acids is 2. The fraction of sp³-hybridized carbons (Fsp3) is 0.579. The third-order valence-electron chi connectivity index (χ3n) is 4.40. The second kappa shape index (κ2) is 9.30. The van der Waals surface area contributed by atoms with Crippen molar-refractivity contribution in [3.63, 3.8) is 0 Å². The quantitative estimate of drug-likeness (QED) is 0.721. The van der Waals surface area contributed by atoms with Crippen molar-refractivity contribution in [1.29, 1.82) is 0 Å². The summed E-state index contributed by atoms with van der Waals surface area (Å²) in [6.45, 7) is 8.59. The Morgan fingerprint density at radius 3 is 2.08 bits per heavy atom. The van der Waals surface area contributed by atoms with Gasteiger partial charge in [-0.25, -0.2) is 0 Å². The number of carbonyl (C=O) groups is 2. The highest BCUT2D eigenvalue weighted by Gasteiger charge is 2.24. The SMILES string of the molecule is CCCN(CCC)C(=O)CC(=O)N1CCN(c2ccccc2)CC1. The first kappa shape index (κ1) is 18.3. The maximum absolute atomic E-state index is 12.4. The average molecular weight is 331 g/mol. The fourth-order valence-electron chi connectivity index (χ4n) is 3.11. The molecule has 1 aromatic rings. The predicted molar refractivity (Wildman–Crippen MR) is 97.0 cm³/mol. The summed E-state index contributed by atoms with van der Waals surface area (Å²) in [6.07, 6.45) is 1.86. The molecule has 5 nitrogen and oxygen atoms in total. The number of hydrogen-bond donors (Lipinski definition) is 0. The Morgan fingerprint density at radius 2 is 1.54 bits per heavy atom. The lowest BCUT2D eigenvalue weighted by Gasteiger charge is -2.36. The van der Waals surface area contributed by atoms with Crippen molar-refractivity contribution in [2.45, 2.75) is 33.1 Å². The molecule has 0 aliphatic carbocycles. The van der Waals surface area contributed by atoms with Crippen LogP contribution in [0, 0.1) is 0 Å². The second-order valence-corrected chi connectivity index (χ2v) is 6.26. The summed E-state index contributed by atoms with van der Waals surface area (Å²) in [4.78, 5) is 30.7. The van der Waals surface area contributed by atoms with E-state index < -0.39 is 0 Å². The van der Waals surface area contributed by atoms with Crippen LogP contribution in [0.1, 0.15) is 33.1 Å². The molecule has 0 N–H and O–H groups in total. The third kappa shape index (κ3) is 4.98. The summed E-state index contributed by atoms with van der Waals surface area (Å²) >= 11 is 0. The summed E-state index contributed by atoms with van der Waals surface area (Å²) < 4.78 is 0. The molecule has 0 saturated carbocycles. The van der Waals surface area contributed by atoms with Crippen LogP contribution in [0.25, 0.3) is 0 Å². The zero-order valence-corrected chi connectivity index (χ0v) is 14.9. The van der Waals surface area contributed by atoms with E-state index >= 15 is 0 Å². The Bertz CT molecular complexity index is 519. The molecule has 0 radical (unpaired) electrons. The van der Waals surface area contributed by atoms with Gasteiger partial charge in [0.25, 0.3) is 0 Å². The van der Waals surface area contributed by atoms with E-state index in [-0.39, 0.29) is 18.2 Å². The summed E-state index contributed by atoms with van der Waals surface area (Å²) in [7, 11) is 0. The Morgan fingerprint density at radius 1 is 0.958 bits per heavy atom. The van der Waals surface area contributed by atoms with Gasteiger partial charge in [-0.15, -0.1) is 0 Å². The summed E-state index contributed by atoms with van der Waals surface area (Å²) in [5.74, 6) is -0.0703. The highest BCUT2D eigenvalue weighted by molar-refractivity contribution is 5.97.